The van der Waals surface area contributed by atoms with Crippen molar-refractivity contribution in [2.24, 2.45) is 0 Å². The molecule has 0 radical (unpaired) electrons. The highest BCUT2D eigenvalue weighted by molar-refractivity contribution is 6.20. The van der Waals surface area contributed by atoms with E-state index in [1.165, 1.54) is 5.56 Å². The lowest BCUT2D eigenvalue weighted by atomic mass is 10.1. The number of nitrogens with one attached hydrogen (secondary N) is 1. The number of hydrogen-bond donors (Lipinski definition) is 1. The quantitative estimate of drug-likeness (QED) is 0.843. The summed E-state index contributed by atoms with van der Waals surface area (Å²) in [4.78, 5) is 0. The molecular formula is C12H14ClN3O. The summed E-state index contributed by atoms with van der Waals surface area (Å²) in [5.74, 6) is 0.416. The van der Waals surface area contributed by atoms with Crippen LogP contribution in [0.4, 0.5) is 11.7 Å². The van der Waals surface area contributed by atoms with Gasteiger partial charge in [-0.3, -0.25) is 0 Å². The summed E-state index contributed by atoms with van der Waals surface area (Å²) in [6.45, 7) is 3.91. The summed E-state index contributed by atoms with van der Waals surface area (Å²) in [6, 6.07) is 8.43. The third-order valence-corrected chi connectivity index (χ3v) is 2.58. The van der Waals surface area contributed by atoms with Crippen LogP contribution in [0.3, 0.4) is 0 Å². The molecule has 17 heavy (non-hydrogen) atoms. The van der Waals surface area contributed by atoms with Crippen LogP contribution in [0.5, 0.6) is 0 Å². The highest BCUT2D eigenvalue weighted by atomic mass is 35.5. The normalized spacial score (nSPS) is 12.4. The fourth-order valence-corrected chi connectivity index (χ4v) is 1.48. The van der Waals surface area contributed by atoms with Crippen molar-refractivity contribution in [3.8, 4) is 0 Å². The van der Waals surface area contributed by atoms with Crippen molar-refractivity contribution >= 4 is 23.3 Å². The van der Waals surface area contributed by atoms with Gasteiger partial charge in [-0.25, -0.2) is 0 Å². The summed E-state index contributed by atoms with van der Waals surface area (Å²) in [6.07, 6.45) is 1.02. The Kier molecular flexibility index (Phi) is 3.64. The maximum absolute atomic E-state index is 5.84. The number of benzene rings is 1. The van der Waals surface area contributed by atoms with Crippen LogP contribution in [-0.2, 0) is 6.42 Å². The van der Waals surface area contributed by atoms with Crippen molar-refractivity contribution < 1.29 is 4.42 Å². The summed E-state index contributed by atoms with van der Waals surface area (Å²) >= 11 is 5.84. The predicted molar refractivity (Wildman–Crippen MR) is 67.7 cm³/mol. The molecule has 1 aromatic heterocycles. The maximum Gasteiger partial charge on any atom is 0.320 e. The highest BCUT2D eigenvalue weighted by Gasteiger charge is 2.10. The fourth-order valence-electron chi connectivity index (χ4n) is 1.39. The zero-order valence-electron chi connectivity index (χ0n) is 9.77. The van der Waals surface area contributed by atoms with Crippen LogP contribution in [0.2, 0.25) is 0 Å². The highest BCUT2D eigenvalue weighted by Crippen LogP contribution is 2.21. The van der Waals surface area contributed by atoms with Crippen molar-refractivity contribution in [3.05, 3.63) is 35.7 Å². The Balaban J connectivity index is 2.08. The minimum absolute atomic E-state index is 0.277. The lowest BCUT2D eigenvalue weighted by Gasteiger charge is -2.02. The molecule has 1 N–H and O–H groups in total. The van der Waals surface area contributed by atoms with Gasteiger partial charge in [-0.1, -0.05) is 24.2 Å². The van der Waals surface area contributed by atoms with Gasteiger partial charge in [-0.15, -0.1) is 16.7 Å². The fraction of sp³-hybridized carbons (Fsp3) is 0.333. The van der Waals surface area contributed by atoms with Gasteiger partial charge < -0.3 is 9.73 Å². The van der Waals surface area contributed by atoms with Crippen LogP contribution in [0, 0.1) is 0 Å². The smallest absolute Gasteiger partial charge is 0.320 e. The first kappa shape index (κ1) is 11.9. The number of aryl methyl sites for hydroxylation is 1. The van der Waals surface area contributed by atoms with Crippen LogP contribution < -0.4 is 5.32 Å². The minimum atomic E-state index is -0.277. The second-order valence-electron chi connectivity index (χ2n) is 3.74. The van der Waals surface area contributed by atoms with E-state index >= 15 is 0 Å². The third kappa shape index (κ3) is 2.97. The van der Waals surface area contributed by atoms with Gasteiger partial charge in [0.05, 0.1) is 0 Å². The molecule has 0 bridgehead atoms. The van der Waals surface area contributed by atoms with Gasteiger partial charge >= 0.3 is 6.01 Å². The number of alkyl halides is 1. The molecule has 0 saturated carbocycles. The van der Waals surface area contributed by atoms with E-state index < -0.39 is 0 Å². The van der Waals surface area contributed by atoms with Crippen molar-refractivity contribution in [2.45, 2.75) is 25.6 Å². The average Bonchev–Trinajstić information content (AvgIpc) is 2.79. The van der Waals surface area contributed by atoms with Crippen LogP contribution in [-0.4, -0.2) is 10.2 Å². The summed E-state index contributed by atoms with van der Waals surface area (Å²) in [5, 5.41) is 10.5. The number of anilines is 2. The number of rotatable bonds is 4. The van der Waals surface area contributed by atoms with Crippen molar-refractivity contribution in [3.63, 3.8) is 0 Å². The third-order valence-electron chi connectivity index (χ3n) is 2.39. The van der Waals surface area contributed by atoms with Crippen LogP contribution in [0.25, 0.3) is 0 Å². The molecule has 0 aliphatic carbocycles. The summed E-state index contributed by atoms with van der Waals surface area (Å²) < 4.78 is 5.34. The van der Waals surface area contributed by atoms with Crippen molar-refractivity contribution in [1.82, 2.24) is 10.2 Å². The number of halogens is 1. The molecule has 4 nitrogen and oxygen atoms in total. The standard InChI is InChI=1S/C12H14ClN3O/c1-3-9-4-6-10(7-5-9)14-12-16-15-11(17-12)8(2)13/h4-8H,3H2,1-2H3,(H,14,16). The largest absolute Gasteiger partial charge is 0.406 e. The van der Waals surface area contributed by atoms with Crippen LogP contribution in [0.15, 0.2) is 28.7 Å². The van der Waals surface area contributed by atoms with Gasteiger partial charge in [-0.05, 0) is 31.0 Å². The molecule has 1 aromatic carbocycles. The first-order chi connectivity index (χ1) is 8.19. The lowest BCUT2D eigenvalue weighted by molar-refractivity contribution is 0.510. The molecular weight excluding hydrogens is 238 g/mol. The van der Waals surface area contributed by atoms with E-state index in [4.69, 9.17) is 16.0 Å². The molecule has 0 spiro atoms. The van der Waals surface area contributed by atoms with Crippen molar-refractivity contribution in [1.29, 1.82) is 0 Å². The molecule has 0 fully saturated rings. The van der Waals surface area contributed by atoms with Gasteiger partial charge in [0.15, 0.2) is 0 Å². The molecule has 0 saturated heterocycles. The Labute approximate surface area is 105 Å². The first-order valence-electron chi connectivity index (χ1n) is 5.52. The molecule has 2 rings (SSSR count). The minimum Gasteiger partial charge on any atom is -0.406 e. The second kappa shape index (κ2) is 5.19. The molecule has 5 heteroatoms. The molecule has 1 heterocycles. The maximum atomic E-state index is 5.84. The molecule has 0 aliphatic rings. The van der Waals surface area contributed by atoms with E-state index in [1.54, 1.807) is 6.92 Å². The average molecular weight is 252 g/mol. The number of nitrogens with zero attached hydrogens (tertiary/aromatic N) is 2. The van der Waals surface area contributed by atoms with Gasteiger partial charge in [0.1, 0.15) is 5.38 Å². The van der Waals surface area contributed by atoms with E-state index in [2.05, 4.69) is 34.6 Å². The molecule has 90 valence electrons. The van der Waals surface area contributed by atoms with Crippen LogP contribution in [0.1, 0.15) is 30.7 Å². The molecule has 1 atom stereocenters. The Bertz CT molecular complexity index is 479. The molecule has 0 aliphatic heterocycles. The van der Waals surface area contributed by atoms with E-state index in [0.29, 0.717) is 11.9 Å². The Morgan fingerprint density at radius 1 is 1.29 bits per heavy atom. The lowest BCUT2D eigenvalue weighted by Crippen LogP contribution is -1.90. The summed E-state index contributed by atoms with van der Waals surface area (Å²) in [5.41, 5.74) is 2.20. The van der Waals surface area contributed by atoms with E-state index in [0.717, 1.165) is 12.1 Å². The Morgan fingerprint density at radius 3 is 2.53 bits per heavy atom. The van der Waals surface area contributed by atoms with E-state index in [1.807, 2.05) is 12.1 Å². The topological polar surface area (TPSA) is 51.0 Å². The van der Waals surface area contributed by atoms with E-state index in [9.17, 15) is 0 Å². The monoisotopic (exact) mass is 251 g/mol. The van der Waals surface area contributed by atoms with Gasteiger partial charge in [-0.2, -0.15) is 0 Å². The zero-order valence-corrected chi connectivity index (χ0v) is 10.5. The Hall–Kier alpha value is -1.55. The number of aromatic nitrogens is 2. The van der Waals surface area contributed by atoms with Crippen molar-refractivity contribution in [2.75, 3.05) is 5.32 Å². The van der Waals surface area contributed by atoms with Gasteiger partial charge in [0.2, 0.25) is 5.89 Å². The van der Waals surface area contributed by atoms with Gasteiger partial charge in [0, 0.05) is 5.69 Å². The number of hydrogen-bond acceptors (Lipinski definition) is 4. The van der Waals surface area contributed by atoms with Gasteiger partial charge in [0.25, 0.3) is 0 Å². The van der Waals surface area contributed by atoms with E-state index in [-0.39, 0.29) is 5.38 Å². The SMILES string of the molecule is CCc1ccc(Nc2nnc(C(C)Cl)o2)cc1. The molecule has 2 aromatic rings. The van der Waals surface area contributed by atoms with Crippen LogP contribution >= 0.6 is 11.6 Å². The summed E-state index contributed by atoms with van der Waals surface area (Å²) in [7, 11) is 0. The first-order valence-corrected chi connectivity index (χ1v) is 5.96. The zero-order chi connectivity index (χ0) is 12.3. The molecule has 1 unspecified atom stereocenters. The Morgan fingerprint density at radius 2 is 2.00 bits per heavy atom. The molecule has 0 amide bonds. The predicted octanol–water partition coefficient (Wildman–Crippen LogP) is 3.68. The second-order valence-corrected chi connectivity index (χ2v) is 4.39.